The average Bonchev–Trinajstić information content (AvgIpc) is 3.14. The lowest BCUT2D eigenvalue weighted by Crippen LogP contribution is -2.21. The van der Waals surface area contributed by atoms with Gasteiger partial charge in [-0.3, -0.25) is 9.13 Å². The highest BCUT2D eigenvalue weighted by Crippen LogP contribution is 2.50. The van der Waals surface area contributed by atoms with E-state index in [0.29, 0.717) is 22.6 Å². The van der Waals surface area contributed by atoms with E-state index in [9.17, 15) is 28.7 Å². The molecule has 0 aliphatic carbocycles. The molecule has 0 spiro atoms. The van der Waals surface area contributed by atoms with Gasteiger partial charge in [-0.15, -0.1) is 0 Å². The molecule has 0 aliphatic rings. The highest BCUT2D eigenvalue weighted by atomic mass is 32.2. The third-order valence-corrected chi connectivity index (χ3v) is 12.3. The predicted octanol–water partition coefficient (Wildman–Crippen LogP) is 4.97. The number of benzene rings is 4. The summed E-state index contributed by atoms with van der Waals surface area (Å²) >= 11 is 0. The van der Waals surface area contributed by atoms with Gasteiger partial charge in [0, 0.05) is 24.3 Å². The van der Waals surface area contributed by atoms with E-state index in [4.69, 9.17) is 28.4 Å². The Balaban J connectivity index is 2.05. The van der Waals surface area contributed by atoms with Crippen LogP contribution in [-0.2, 0) is 19.0 Å². The summed E-state index contributed by atoms with van der Waals surface area (Å²) in [5, 5.41) is -3.50. The second kappa shape index (κ2) is 17.0. The quantitative estimate of drug-likeness (QED) is 0.111. The molecule has 0 bridgehead atoms. The molecular weight excluding hydrogens is 750 g/mol. The van der Waals surface area contributed by atoms with Crippen molar-refractivity contribution < 1.29 is 65.5 Å². The van der Waals surface area contributed by atoms with Gasteiger partial charge in [0.2, 0.25) is 0 Å². The fraction of sp³-hybridized carbons (Fsp3) is 0.222. The molecule has 0 saturated heterocycles. The van der Waals surface area contributed by atoms with Crippen molar-refractivity contribution >= 4 is 47.8 Å². The SMILES string of the molecule is COc1cc(OC)c(C(C=Cc2ccc(P(=O)(O)O)cc2)S(=O)(=O)C(C=Cc2ccc(P(=O)(O)O)cc2)c2c(OC)cc(OC)cc2OC)c(OC)c1. The zero-order chi connectivity index (χ0) is 39.1. The lowest BCUT2D eigenvalue weighted by molar-refractivity contribution is 0.368. The predicted molar refractivity (Wildman–Crippen MR) is 201 cm³/mol. The molecule has 17 heteroatoms. The third kappa shape index (κ3) is 9.51. The first-order chi connectivity index (χ1) is 25.0. The highest BCUT2D eigenvalue weighted by molar-refractivity contribution is 7.92. The zero-order valence-electron chi connectivity index (χ0n) is 29.6. The second-order valence-corrected chi connectivity index (χ2v) is 16.7. The number of rotatable bonds is 16. The summed E-state index contributed by atoms with van der Waals surface area (Å²) < 4.78 is 88.0. The van der Waals surface area contributed by atoms with Crippen molar-refractivity contribution in [2.45, 2.75) is 10.5 Å². The van der Waals surface area contributed by atoms with Crippen LogP contribution in [0.1, 0.15) is 32.8 Å². The fourth-order valence-electron chi connectivity index (χ4n) is 5.48. The van der Waals surface area contributed by atoms with Gasteiger partial charge in [0.1, 0.15) is 45.0 Å². The Hall–Kier alpha value is -4.59. The van der Waals surface area contributed by atoms with Crippen LogP contribution in [0.25, 0.3) is 12.2 Å². The minimum atomic E-state index is -4.57. The maximum Gasteiger partial charge on any atom is 0.356 e. The van der Waals surface area contributed by atoms with Crippen molar-refractivity contribution in [2.24, 2.45) is 0 Å². The van der Waals surface area contributed by atoms with Crippen molar-refractivity contribution in [1.82, 2.24) is 0 Å². The van der Waals surface area contributed by atoms with Crippen molar-refractivity contribution in [3.8, 4) is 34.5 Å². The first-order valence-electron chi connectivity index (χ1n) is 15.5. The minimum Gasteiger partial charge on any atom is -0.496 e. The number of hydrogen-bond donors (Lipinski definition) is 4. The van der Waals surface area contributed by atoms with Crippen LogP contribution in [0, 0.1) is 0 Å². The minimum absolute atomic E-state index is 0.106. The van der Waals surface area contributed by atoms with Crippen LogP contribution in [0.3, 0.4) is 0 Å². The molecule has 0 heterocycles. The van der Waals surface area contributed by atoms with E-state index in [1.807, 2.05) is 0 Å². The van der Waals surface area contributed by atoms with E-state index < -0.39 is 35.5 Å². The summed E-state index contributed by atoms with van der Waals surface area (Å²) in [7, 11) is -5.34. The Morgan fingerprint density at radius 2 is 0.792 bits per heavy atom. The molecular formula is C36H40O14P2S. The van der Waals surface area contributed by atoms with Crippen LogP contribution in [0.2, 0.25) is 0 Å². The molecule has 4 aromatic rings. The molecule has 0 radical (unpaired) electrons. The van der Waals surface area contributed by atoms with E-state index >= 15 is 8.42 Å². The lowest BCUT2D eigenvalue weighted by Gasteiger charge is -2.27. The van der Waals surface area contributed by atoms with Gasteiger partial charge in [0.25, 0.3) is 0 Å². The Morgan fingerprint density at radius 3 is 1.02 bits per heavy atom. The van der Waals surface area contributed by atoms with Crippen LogP contribution in [-0.4, -0.2) is 70.7 Å². The fourth-order valence-corrected chi connectivity index (χ4v) is 8.59. The van der Waals surface area contributed by atoms with E-state index in [-0.39, 0.29) is 44.7 Å². The molecule has 284 valence electrons. The summed E-state index contributed by atoms with van der Waals surface area (Å²) in [4.78, 5) is 38.3. The Morgan fingerprint density at radius 1 is 0.509 bits per heavy atom. The van der Waals surface area contributed by atoms with Gasteiger partial charge in [0.05, 0.1) is 64.4 Å². The average molecular weight is 791 g/mol. The molecule has 0 amide bonds. The molecule has 4 N–H and O–H groups in total. The number of hydrogen-bond acceptors (Lipinski definition) is 10. The normalized spacial score (nSPS) is 13.5. The van der Waals surface area contributed by atoms with Gasteiger partial charge in [0.15, 0.2) is 9.84 Å². The summed E-state index contributed by atoms with van der Waals surface area (Å²) in [6.45, 7) is 0. The molecule has 0 fully saturated rings. The van der Waals surface area contributed by atoms with Crippen molar-refractivity contribution in [2.75, 3.05) is 42.7 Å². The first-order valence-corrected chi connectivity index (χ1v) is 20.4. The molecule has 4 aromatic carbocycles. The molecule has 4 rings (SSSR count). The van der Waals surface area contributed by atoms with Crippen molar-refractivity contribution in [1.29, 1.82) is 0 Å². The van der Waals surface area contributed by atoms with Crippen LogP contribution in [0.15, 0.2) is 84.9 Å². The molecule has 14 nitrogen and oxygen atoms in total. The van der Waals surface area contributed by atoms with Crippen LogP contribution >= 0.6 is 15.2 Å². The number of sulfone groups is 1. The van der Waals surface area contributed by atoms with E-state index in [1.165, 1.54) is 140 Å². The smallest absolute Gasteiger partial charge is 0.356 e. The Labute approximate surface area is 307 Å². The lowest BCUT2D eigenvalue weighted by atomic mass is 10.1. The molecule has 0 aromatic heterocycles. The maximum atomic E-state index is 15.4. The van der Waals surface area contributed by atoms with Gasteiger partial charge in [-0.1, -0.05) is 48.6 Å². The summed E-state index contributed by atoms with van der Waals surface area (Å²) in [6, 6.07) is 16.7. The second-order valence-electron chi connectivity index (χ2n) is 11.3. The Bertz CT molecular complexity index is 1970. The zero-order valence-corrected chi connectivity index (χ0v) is 32.2. The summed E-state index contributed by atoms with van der Waals surface area (Å²) in [5.74, 6) is 1.09. The van der Waals surface area contributed by atoms with E-state index in [0.717, 1.165) is 0 Å². The van der Waals surface area contributed by atoms with E-state index in [1.54, 1.807) is 0 Å². The van der Waals surface area contributed by atoms with Gasteiger partial charge < -0.3 is 48.0 Å². The molecule has 2 unspecified atom stereocenters. The molecule has 2 atom stereocenters. The number of methoxy groups -OCH3 is 6. The first kappa shape index (κ1) is 41.2. The molecule has 0 saturated carbocycles. The number of ether oxygens (including phenoxy) is 6. The Kier molecular flexibility index (Phi) is 13.2. The van der Waals surface area contributed by atoms with Crippen LogP contribution in [0.4, 0.5) is 0 Å². The van der Waals surface area contributed by atoms with Gasteiger partial charge in [-0.05, 0) is 35.4 Å². The van der Waals surface area contributed by atoms with Crippen molar-refractivity contribution in [3.05, 3.63) is 107 Å². The van der Waals surface area contributed by atoms with Gasteiger partial charge in [-0.2, -0.15) is 0 Å². The summed E-state index contributed by atoms with van der Waals surface area (Å²) in [5.41, 5.74) is 1.06. The summed E-state index contributed by atoms with van der Waals surface area (Å²) in [6.07, 6.45) is 5.76. The monoisotopic (exact) mass is 790 g/mol. The van der Waals surface area contributed by atoms with E-state index in [2.05, 4.69) is 0 Å². The standard InChI is InChI=1S/C36H40O14P2S/c1-45-25-19-29(47-3)35(30(20-25)48-4)33(17-11-23-7-13-27(14-8-23)51(37,38)39)53(43,44)34(18-12-24-9-15-28(16-10-24)52(40,41)42)36-31(49-5)21-26(46-2)22-32(36)50-6/h7-22,33-34H,1-6H3,(H2,37,38,39)(H2,40,41,42). The molecule has 0 aliphatic heterocycles. The van der Waals surface area contributed by atoms with Crippen LogP contribution < -0.4 is 39.0 Å². The van der Waals surface area contributed by atoms with Gasteiger partial charge >= 0.3 is 15.2 Å². The van der Waals surface area contributed by atoms with Gasteiger partial charge in [-0.25, -0.2) is 8.42 Å². The highest BCUT2D eigenvalue weighted by Gasteiger charge is 2.40. The maximum absolute atomic E-state index is 15.4. The topological polar surface area (TPSA) is 205 Å². The third-order valence-electron chi connectivity index (χ3n) is 8.17. The largest absolute Gasteiger partial charge is 0.496 e. The van der Waals surface area contributed by atoms with Crippen molar-refractivity contribution in [3.63, 3.8) is 0 Å². The molecule has 53 heavy (non-hydrogen) atoms. The van der Waals surface area contributed by atoms with Crippen LogP contribution in [0.5, 0.6) is 34.5 Å².